The summed E-state index contributed by atoms with van der Waals surface area (Å²) in [5.74, 6) is -0.407. The van der Waals surface area contributed by atoms with Gasteiger partial charge in [0.1, 0.15) is 11.9 Å². The summed E-state index contributed by atoms with van der Waals surface area (Å²) in [4.78, 5) is 11.8. The average molecular weight is 368 g/mol. The Morgan fingerprint density at radius 1 is 1.55 bits per heavy atom. The molecule has 2 rings (SSSR count). The Bertz CT molecular complexity index is 456. The molecule has 1 amide bonds. The fourth-order valence-electron chi connectivity index (χ4n) is 1.90. The van der Waals surface area contributed by atoms with Crippen molar-refractivity contribution >= 4 is 34.2 Å². The van der Waals surface area contributed by atoms with E-state index in [1.807, 2.05) is 0 Å². The van der Waals surface area contributed by atoms with Gasteiger partial charge in [0.15, 0.2) is 0 Å². The number of halogens is 3. The molecule has 0 saturated carbocycles. The van der Waals surface area contributed by atoms with Crippen LogP contribution in [-0.2, 0) is 16.0 Å². The van der Waals surface area contributed by atoms with E-state index in [1.165, 1.54) is 6.07 Å². The fraction of sp³-hybridized carbons (Fsp3) is 0.462. The van der Waals surface area contributed by atoms with Crippen molar-refractivity contribution < 1.29 is 13.9 Å². The largest absolute Gasteiger partial charge is 0.366 e. The van der Waals surface area contributed by atoms with E-state index >= 15 is 0 Å². The lowest BCUT2D eigenvalue weighted by Crippen LogP contribution is -2.48. The van der Waals surface area contributed by atoms with Gasteiger partial charge in [-0.1, -0.05) is 15.9 Å². The van der Waals surface area contributed by atoms with Crippen molar-refractivity contribution in [3.8, 4) is 0 Å². The van der Waals surface area contributed by atoms with E-state index in [-0.39, 0.29) is 24.1 Å². The molecule has 1 atom stereocenters. The summed E-state index contributed by atoms with van der Waals surface area (Å²) in [6.45, 7) is 2.23. The van der Waals surface area contributed by atoms with Gasteiger partial charge in [0.25, 0.3) is 0 Å². The SMILES string of the molecule is Cl.O=C(NCCc1cc(Br)ccc1F)C1CNCCO1. The van der Waals surface area contributed by atoms with Crippen molar-refractivity contribution in [3.63, 3.8) is 0 Å². The number of ether oxygens (including phenoxy) is 1. The van der Waals surface area contributed by atoms with Crippen molar-refractivity contribution in [3.05, 3.63) is 34.1 Å². The van der Waals surface area contributed by atoms with E-state index in [4.69, 9.17) is 4.74 Å². The Morgan fingerprint density at radius 2 is 2.35 bits per heavy atom. The molecule has 1 heterocycles. The van der Waals surface area contributed by atoms with Crippen molar-refractivity contribution in [2.75, 3.05) is 26.2 Å². The molecule has 1 unspecified atom stereocenters. The molecule has 1 fully saturated rings. The summed E-state index contributed by atoms with van der Waals surface area (Å²) in [5, 5.41) is 5.85. The van der Waals surface area contributed by atoms with Gasteiger partial charge in [0.2, 0.25) is 5.91 Å². The number of carbonyl (C=O) groups excluding carboxylic acids is 1. The highest BCUT2D eigenvalue weighted by Crippen LogP contribution is 2.15. The van der Waals surface area contributed by atoms with Gasteiger partial charge < -0.3 is 15.4 Å². The summed E-state index contributed by atoms with van der Waals surface area (Å²) >= 11 is 3.30. The summed E-state index contributed by atoms with van der Waals surface area (Å²) < 4.78 is 19.6. The minimum atomic E-state index is -0.443. The predicted molar refractivity (Wildman–Crippen MR) is 80.7 cm³/mol. The highest BCUT2D eigenvalue weighted by atomic mass is 79.9. The first-order valence-electron chi connectivity index (χ1n) is 6.21. The molecular weight excluding hydrogens is 351 g/mol. The highest BCUT2D eigenvalue weighted by Gasteiger charge is 2.21. The zero-order valence-corrected chi connectivity index (χ0v) is 13.2. The molecule has 0 aliphatic carbocycles. The van der Waals surface area contributed by atoms with Gasteiger partial charge in [-0.2, -0.15) is 0 Å². The van der Waals surface area contributed by atoms with Crippen LogP contribution in [0.15, 0.2) is 22.7 Å². The van der Waals surface area contributed by atoms with Gasteiger partial charge in [-0.25, -0.2) is 4.39 Å². The van der Waals surface area contributed by atoms with Gasteiger partial charge >= 0.3 is 0 Å². The normalized spacial score (nSPS) is 18.2. The van der Waals surface area contributed by atoms with Crippen molar-refractivity contribution in [2.45, 2.75) is 12.5 Å². The topological polar surface area (TPSA) is 50.4 Å². The molecule has 0 radical (unpaired) electrons. The van der Waals surface area contributed by atoms with Gasteiger partial charge in [-0.15, -0.1) is 12.4 Å². The highest BCUT2D eigenvalue weighted by molar-refractivity contribution is 9.10. The Kier molecular flexibility index (Phi) is 7.43. The van der Waals surface area contributed by atoms with Crippen molar-refractivity contribution in [1.29, 1.82) is 0 Å². The van der Waals surface area contributed by atoms with Gasteiger partial charge in [0.05, 0.1) is 6.61 Å². The minimum Gasteiger partial charge on any atom is -0.366 e. The van der Waals surface area contributed by atoms with Crippen LogP contribution in [0.2, 0.25) is 0 Å². The molecule has 0 spiro atoms. The Hall–Kier alpha value is -0.690. The van der Waals surface area contributed by atoms with Crippen LogP contribution >= 0.6 is 28.3 Å². The van der Waals surface area contributed by atoms with Crippen LogP contribution < -0.4 is 10.6 Å². The number of hydrogen-bond acceptors (Lipinski definition) is 3. The summed E-state index contributed by atoms with van der Waals surface area (Å²) in [6, 6.07) is 4.79. The van der Waals surface area contributed by atoms with Gasteiger partial charge in [0, 0.05) is 24.1 Å². The van der Waals surface area contributed by atoms with E-state index in [2.05, 4.69) is 26.6 Å². The van der Waals surface area contributed by atoms with E-state index in [9.17, 15) is 9.18 Å². The maximum atomic E-state index is 13.5. The van der Waals surface area contributed by atoms with Crippen LogP contribution in [0.1, 0.15) is 5.56 Å². The lowest BCUT2D eigenvalue weighted by molar-refractivity contribution is -0.134. The van der Waals surface area contributed by atoms with Crippen LogP contribution in [0.5, 0.6) is 0 Å². The summed E-state index contributed by atoms with van der Waals surface area (Å²) in [6.07, 6.45) is 0.0121. The van der Waals surface area contributed by atoms with Crippen LogP contribution in [0.25, 0.3) is 0 Å². The fourth-order valence-corrected chi connectivity index (χ4v) is 2.31. The van der Waals surface area contributed by atoms with E-state index < -0.39 is 6.10 Å². The standard InChI is InChI=1S/C13H16BrFN2O2.ClH/c14-10-1-2-11(15)9(7-10)3-4-17-13(18)12-8-16-5-6-19-12;/h1-2,7,12,16H,3-6,8H2,(H,17,18);1H. The number of hydrogen-bond donors (Lipinski definition) is 2. The smallest absolute Gasteiger partial charge is 0.250 e. The second kappa shape index (κ2) is 8.56. The Balaban J connectivity index is 0.00000200. The molecule has 1 aliphatic heterocycles. The van der Waals surface area contributed by atoms with E-state index in [0.717, 1.165) is 11.0 Å². The van der Waals surface area contributed by atoms with Crippen LogP contribution in [0, 0.1) is 5.82 Å². The third-order valence-electron chi connectivity index (χ3n) is 2.92. The molecule has 1 aliphatic rings. The number of rotatable bonds is 4. The van der Waals surface area contributed by atoms with E-state index in [0.29, 0.717) is 31.7 Å². The average Bonchev–Trinajstić information content (AvgIpc) is 2.43. The zero-order chi connectivity index (χ0) is 13.7. The predicted octanol–water partition coefficient (Wildman–Crippen LogP) is 1.66. The monoisotopic (exact) mass is 366 g/mol. The molecule has 1 saturated heterocycles. The lowest BCUT2D eigenvalue weighted by atomic mass is 10.1. The zero-order valence-electron chi connectivity index (χ0n) is 10.8. The third-order valence-corrected chi connectivity index (χ3v) is 3.41. The maximum absolute atomic E-state index is 13.5. The molecule has 1 aromatic rings. The first kappa shape index (κ1) is 17.4. The Labute approximate surface area is 132 Å². The molecule has 20 heavy (non-hydrogen) atoms. The number of nitrogens with one attached hydrogen (secondary N) is 2. The second-order valence-corrected chi connectivity index (χ2v) is 5.26. The third kappa shape index (κ3) is 5.01. The number of benzene rings is 1. The number of morpholine rings is 1. The maximum Gasteiger partial charge on any atom is 0.250 e. The Morgan fingerprint density at radius 3 is 3.05 bits per heavy atom. The van der Waals surface area contributed by atoms with Gasteiger partial charge in [-0.05, 0) is 30.2 Å². The molecule has 112 valence electrons. The quantitative estimate of drug-likeness (QED) is 0.851. The molecule has 0 aromatic heterocycles. The first-order valence-corrected chi connectivity index (χ1v) is 7.00. The van der Waals surface area contributed by atoms with Crippen molar-refractivity contribution in [1.82, 2.24) is 10.6 Å². The molecule has 4 nitrogen and oxygen atoms in total. The summed E-state index contributed by atoms with van der Waals surface area (Å²) in [5.41, 5.74) is 0.581. The molecule has 1 aromatic carbocycles. The first-order chi connectivity index (χ1) is 9.16. The van der Waals surface area contributed by atoms with Gasteiger partial charge in [-0.3, -0.25) is 4.79 Å². The minimum absolute atomic E-state index is 0. The summed E-state index contributed by atoms with van der Waals surface area (Å²) in [7, 11) is 0. The van der Waals surface area contributed by atoms with Crippen LogP contribution in [0.4, 0.5) is 4.39 Å². The number of amides is 1. The molecule has 2 N–H and O–H groups in total. The molecular formula is C13H17BrClFN2O2. The number of carbonyl (C=O) groups is 1. The van der Waals surface area contributed by atoms with Crippen LogP contribution in [-0.4, -0.2) is 38.3 Å². The van der Waals surface area contributed by atoms with Crippen LogP contribution in [0.3, 0.4) is 0 Å². The van der Waals surface area contributed by atoms with E-state index in [1.54, 1.807) is 12.1 Å². The molecule has 7 heteroatoms. The van der Waals surface area contributed by atoms with Crippen molar-refractivity contribution in [2.24, 2.45) is 0 Å². The lowest BCUT2D eigenvalue weighted by Gasteiger charge is -2.22. The molecule has 0 bridgehead atoms. The second-order valence-electron chi connectivity index (χ2n) is 4.34.